The van der Waals surface area contributed by atoms with Crippen LogP contribution in [0.3, 0.4) is 0 Å². The van der Waals surface area contributed by atoms with Crippen LogP contribution in [0.25, 0.3) is 11.6 Å². The molecular weight excluding hydrogens is 278 g/mol. The van der Waals surface area contributed by atoms with Crippen LogP contribution in [0.1, 0.15) is 13.8 Å². The molecule has 6 nitrogen and oxygen atoms in total. The molecule has 2 heterocycles. The van der Waals surface area contributed by atoms with E-state index < -0.39 is 6.10 Å². The van der Waals surface area contributed by atoms with E-state index in [-0.39, 0.29) is 6.61 Å². The van der Waals surface area contributed by atoms with Crippen LogP contribution in [0.4, 0.5) is 0 Å². The lowest BCUT2D eigenvalue weighted by atomic mass is 10.2. The number of thioether (sulfide) groups is 1. The van der Waals surface area contributed by atoms with E-state index in [1.165, 1.54) is 11.8 Å². The predicted octanol–water partition coefficient (Wildman–Crippen LogP) is 1.64. The molecule has 0 fully saturated rings. The normalized spacial score (nSPS) is 13.1. The molecule has 0 aliphatic heterocycles. The van der Waals surface area contributed by atoms with Crippen molar-refractivity contribution in [3.05, 3.63) is 18.4 Å². The van der Waals surface area contributed by atoms with Crippen LogP contribution in [0.5, 0.6) is 0 Å². The van der Waals surface area contributed by atoms with Crippen molar-refractivity contribution in [2.45, 2.75) is 31.7 Å². The minimum atomic E-state index is -0.753. The number of aliphatic hydroxyl groups excluding tert-OH is 2. The molecule has 2 rings (SSSR count). The maximum atomic E-state index is 9.44. The first-order valence-corrected chi connectivity index (χ1v) is 7.49. The Bertz CT molecular complexity index is 525. The van der Waals surface area contributed by atoms with Gasteiger partial charge in [-0.3, -0.25) is 4.57 Å². The van der Waals surface area contributed by atoms with Gasteiger partial charge in [-0.2, -0.15) is 0 Å². The summed E-state index contributed by atoms with van der Waals surface area (Å²) in [5, 5.41) is 27.3. The van der Waals surface area contributed by atoms with Gasteiger partial charge in [-0.1, -0.05) is 25.6 Å². The first-order valence-electron chi connectivity index (χ1n) is 6.50. The third-order valence-corrected chi connectivity index (χ3v) is 3.73. The van der Waals surface area contributed by atoms with Crippen molar-refractivity contribution < 1.29 is 14.6 Å². The van der Waals surface area contributed by atoms with Crippen molar-refractivity contribution in [3.8, 4) is 11.6 Å². The molecule has 7 heteroatoms. The molecule has 110 valence electrons. The van der Waals surface area contributed by atoms with Crippen molar-refractivity contribution in [3.63, 3.8) is 0 Å². The Labute approximate surface area is 121 Å². The maximum absolute atomic E-state index is 9.44. The summed E-state index contributed by atoms with van der Waals surface area (Å²) >= 11 is 1.38. The number of aromatic nitrogens is 3. The largest absolute Gasteiger partial charge is 0.461 e. The smallest absolute Gasteiger partial charge is 0.200 e. The number of furan rings is 1. The Morgan fingerprint density at radius 3 is 2.80 bits per heavy atom. The van der Waals surface area contributed by atoms with E-state index in [9.17, 15) is 5.11 Å². The van der Waals surface area contributed by atoms with Gasteiger partial charge in [0.05, 0.1) is 19.0 Å². The van der Waals surface area contributed by atoms with Gasteiger partial charge in [-0.05, 0) is 18.1 Å². The molecule has 0 saturated carbocycles. The van der Waals surface area contributed by atoms with Crippen LogP contribution in [-0.4, -0.2) is 43.4 Å². The van der Waals surface area contributed by atoms with Crippen LogP contribution < -0.4 is 0 Å². The zero-order chi connectivity index (χ0) is 14.5. The Morgan fingerprint density at radius 2 is 2.20 bits per heavy atom. The second-order valence-electron chi connectivity index (χ2n) is 4.94. The third-order valence-electron chi connectivity index (χ3n) is 2.62. The van der Waals surface area contributed by atoms with Gasteiger partial charge in [-0.25, -0.2) is 0 Å². The highest BCUT2D eigenvalue weighted by molar-refractivity contribution is 7.99. The summed E-state index contributed by atoms with van der Waals surface area (Å²) in [5.41, 5.74) is 0. The Kier molecular flexibility index (Phi) is 5.22. The van der Waals surface area contributed by atoms with Crippen LogP contribution in [-0.2, 0) is 6.54 Å². The third kappa shape index (κ3) is 3.62. The monoisotopic (exact) mass is 297 g/mol. The summed E-state index contributed by atoms with van der Waals surface area (Å²) in [4.78, 5) is 0. The highest BCUT2D eigenvalue weighted by atomic mass is 32.2. The van der Waals surface area contributed by atoms with Gasteiger partial charge >= 0.3 is 0 Å². The Morgan fingerprint density at radius 1 is 1.40 bits per heavy atom. The lowest BCUT2D eigenvalue weighted by Gasteiger charge is -2.12. The van der Waals surface area contributed by atoms with E-state index in [4.69, 9.17) is 9.52 Å². The number of rotatable bonds is 7. The van der Waals surface area contributed by atoms with E-state index in [2.05, 4.69) is 24.0 Å². The van der Waals surface area contributed by atoms with Gasteiger partial charge in [0.1, 0.15) is 0 Å². The molecule has 0 radical (unpaired) electrons. The zero-order valence-electron chi connectivity index (χ0n) is 11.6. The summed E-state index contributed by atoms with van der Waals surface area (Å²) in [7, 11) is 0. The average Bonchev–Trinajstić information content (AvgIpc) is 3.04. The first kappa shape index (κ1) is 15.1. The van der Waals surface area contributed by atoms with Crippen molar-refractivity contribution in [1.82, 2.24) is 14.8 Å². The molecule has 0 bridgehead atoms. The van der Waals surface area contributed by atoms with Crippen LogP contribution in [0.2, 0.25) is 0 Å². The molecule has 1 unspecified atom stereocenters. The van der Waals surface area contributed by atoms with Gasteiger partial charge < -0.3 is 14.6 Å². The van der Waals surface area contributed by atoms with E-state index in [1.807, 2.05) is 16.7 Å². The van der Waals surface area contributed by atoms with Crippen molar-refractivity contribution in [2.75, 3.05) is 12.4 Å². The summed E-state index contributed by atoms with van der Waals surface area (Å²) in [6, 6.07) is 3.66. The molecule has 0 spiro atoms. The summed E-state index contributed by atoms with van der Waals surface area (Å²) in [6.45, 7) is 4.74. The fourth-order valence-electron chi connectivity index (χ4n) is 1.74. The molecular formula is C13H19N3O3S. The summed E-state index contributed by atoms with van der Waals surface area (Å²) < 4.78 is 7.36. The number of hydrogen-bond acceptors (Lipinski definition) is 6. The van der Waals surface area contributed by atoms with Crippen molar-refractivity contribution in [1.29, 1.82) is 0 Å². The van der Waals surface area contributed by atoms with Crippen molar-refractivity contribution in [2.24, 2.45) is 5.92 Å². The van der Waals surface area contributed by atoms with Gasteiger partial charge in [-0.15, -0.1) is 10.2 Å². The zero-order valence-corrected chi connectivity index (χ0v) is 12.4. The highest BCUT2D eigenvalue weighted by Gasteiger charge is 2.18. The maximum Gasteiger partial charge on any atom is 0.200 e. The number of hydrogen-bond donors (Lipinski definition) is 2. The Hall–Kier alpha value is -1.31. The molecule has 0 amide bonds. The molecule has 1 atom stereocenters. The highest BCUT2D eigenvalue weighted by Crippen LogP contribution is 2.25. The van der Waals surface area contributed by atoms with Crippen molar-refractivity contribution >= 4 is 11.8 Å². The van der Waals surface area contributed by atoms with E-state index in [0.29, 0.717) is 23.3 Å². The van der Waals surface area contributed by atoms with E-state index >= 15 is 0 Å². The van der Waals surface area contributed by atoms with Gasteiger partial charge in [0.15, 0.2) is 16.7 Å². The molecule has 0 saturated heterocycles. The van der Waals surface area contributed by atoms with Crippen LogP contribution >= 0.6 is 11.8 Å². The van der Waals surface area contributed by atoms with E-state index in [1.54, 1.807) is 6.26 Å². The quantitative estimate of drug-likeness (QED) is 0.756. The van der Waals surface area contributed by atoms with Gasteiger partial charge in [0.25, 0.3) is 0 Å². The minimum Gasteiger partial charge on any atom is -0.461 e. The topological polar surface area (TPSA) is 84.3 Å². The Balaban J connectivity index is 2.23. The molecule has 20 heavy (non-hydrogen) atoms. The minimum absolute atomic E-state index is 0.254. The van der Waals surface area contributed by atoms with E-state index in [0.717, 1.165) is 11.7 Å². The molecule has 2 aromatic rings. The average molecular weight is 297 g/mol. The van der Waals surface area contributed by atoms with Crippen LogP contribution in [0.15, 0.2) is 28.0 Å². The lowest BCUT2D eigenvalue weighted by molar-refractivity contribution is 0.113. The number of nitrogens with zero attached hydrogens (tertiary/aromatic N) is 3. The number of aliphatic hydroxyl groups is 2. The fourth-order valence-corrected chi connectivity index (χ4v) is 2.60. The van der Waals surface area contributed by atoms with Gasteiger partial charge in [0, 0.05) is 12.3 Å². The predicted molar refractivity (Wildman–Crippen MR) is 76.4 cm³/mol. The van der Waals surface area contributed by atoms with Crippen LogP contribution in [0, 0.1) is 5.92 Å². The summed E-state index contributed by atoms with van der Waals surface area (Å²) in [6.07, 6.45) is 0.850. The SMILES string of the molecule is CC(C)Cn1c(SCC(O)CO)nnc1-c1ccco1. The summed E-state index contributed by atoms with van der Waals surface area (Å²) in [5.74, 6) is 2.17. The molecule has 0 aliphatic carbocycles. The molecule has 0 aliphatic rings. The molecule has 0 aromatic carbocycles. The fraction of sp³-hybridized carbons (Fsp3) is 0.538. The second-order valence-corrected chi connectivity index (χ2v) is 5.92. The standard InChI is InChI=1S/C13H19N3O3S/c1-9(2)6-16-12(11-4-3-5-19-11)14-15-13(16)20-8-10(18)7-17/h3-5,9-10,17-18H,6-8H2,1-2H3. The molecule has 2 N–H and O–H groups in total. The first-order chi connectivity index (χ1) is 9.61. The second kappa shape index (κ2) is 6.92. The lowest BCUT2D eigenvalue weighted by Crippen LogP contribution is -2.15. The molecule has 2 aromatic heterocycles. The van der Waals surface area contributed by atoms with Gasteiger partial charge in [0.2, 0.25) is 0 Å².